The van der Waals surface area contributed by atoms with Crippen LogP contribution in [0.5, 0.6) is 0 Å². The number of fused-ring (bicyclic) bond motifs is 12. The molecule has 0 spiro atoms. The van der Waals surface area contributed by atoms with Crippen LogP contribution in [0.2, 0.25) is 0 Å². The molecule has 4 nitrogen and oxygen atoms in total. The minimum Gasteiger partial charge on any atom is -0.455 e. The van der Waals surface area contributed by atoms with Crippen molar-refractivity contribution in [2.24, 2.45) is 0 Å². The molecular formula is C38H21N3OS. The van der Waals surface area contributed by atoms with Crippen LogP contribution in [0.3, 0.4) is 0 Å². The van der Waals surface area contributed by atoms with Gasteiger partial charge in [0.25, 0.3) is 0 Å². The SMILES string of the molecule is c1ccc(-c2nc(-n3c4ccc5ccccc5c4c4c5oc6ccccc6c5ccc43)nc3c2sc2ccccc23)cc1. The summed E-state index contributed by atoms with van der Waals surface area (Å²) in [5.74, 6) is 0.653. The highest BCUT2D eigenvalue weighted by Gasteiger charge is 2.23. The third kappa shape index (κ3) is 3.14. The standard InChI is InChI=1S/C38H21N3OS/c1-2-11-23(12-3-1)34-37-35(27-15-7-9-17-31(27)43-37)40-38(39-34)41-28-20-18-22-10-4-5-13-24(22)32(28)33-29(41)21-19-26-25-14-6-8-16-30(25)42-36(26)33/h1-21H. The van der Waals surface area contributed by atoms with Crippen LogP contribution in [0.1, 0.15) is 0 Å². The van der Waals surface area contributed by atoms with E-state index in [4.69, 9.17) is 14.4 Å². The quantitative estimate of drug-likeness (QED) is 0.209. The predicted octanol–water partition coefficient (Wildman–Crippen LogP) is 10.7. The Bertz CT molecular complexity index is 2730. The lowest BCUT2D eigenvalue weighted by atomic mass is 10.0. The first-order chi connectivity index (χ1) is 21.3. The van der Waals surface area contributed by atoms with Gasteiger partial charge in [-0.25, -0.2) is 9.97 Å². The number of hydrogen-bond donors (Lipinski definition) is 0. The topological polar surface area (TPSA) is 43.9 Å². The van der Waals surface area contributed by atoms with Gasteiger partial charge >= 0.3 is 0 Å². The Balaban J connectivity index is 1.42. The molecule has 0 unspecified atom stereocenters. The lowest BCUT2D eigenvalue weighted by molar-refractivity contribution is 0.673. The summed E-state index contributed by atoms with van der Waals surface area (Å²) in [6.45, 7) is 0. The lowest BCUT2D eigenvalue weighted by Crippen LogP contribution is -2.02. The molecule has 4 aromatic heterocycles. The zero-order chi connectivity index (χ0) is 28.1. The molecule has 0 amide bonds. The van der Waals surface area contributed by atoms with Crippen LogP contribution in [0.15, 0.2) is 132 Å². The fourth-order valence-corrected chi connectivity index (χ4v) is 7.89. The summed E-state index contributed by atoms with van der Waals surface area (Å²) in [5, 5.41) is 7.98. The van der Waals surface area contributed by atoms with Crippen LogP contribution < -0.4 is 0 Å². The number of benzene rings is 6. The van der Waals surface area contributed by atoms with E-state index >= 15 is 0 Å². The third-order valence-electron chi connectivity index (χ3n) is 8.62. The first kappa shape index (κ1) is 23.1. The van der Waals surface area contributed by atoms with E-state index in [0.29, 0.717) is 5.95 Å². The van der Waals surface area contributed by atoms with E-state index < -0.39 is 0 Å². The maximum atomic E-state index is 6.63. The molecule has 0 atom stereocenters. The molecule has 0 radical (unpaired) electrons. The maximum Gasteiger partial charge on any atom is 0.235 e. The minimum atomic E-state index is 0.653. The molecule has 0 bridgehead atoms. The van der Waals surface area contributed by atoms with Crippen LogP contribution in [-0.4, -0.2) is 14.5 Å². The van der Waals surface area contributed by atoms with Gasteiger partial charge in [-0.2, -0.15) is 0 Å². The highest BCUT2D eigenvalue weighted by atomic mass is 32.1. The van der Waals surface area contributed by atoms with Gasteiger partial charge in [0, 0.05) is 31.8 Å². The van der Waals surface area contributed by atoms with Crippen molar-refractivity contribution in [3.8, 4) is 17.2 Å². The van der Waals surface area contributed by atoms with Gasteiger partial charge in [-0.1, -0.05) is 97.1 Å². The molecule has 5 heteroatoms. The van der Waals surface area contributed by atoms with Crippen LogP contribution in [0, 0.1) is 0 Å². The van der Waals surface area contributed by atoms with E-state index in [1.165, 1.54) is 15.5 Å². The second-order valence-electron chi connectivity index (χ2n) is 11.0. The Morgan fingerprint density at radius 3 is 2.19 bits per heavy atom. The van der Waals surface area contributed by atoms with Gasteiger partial charge in [-0.15, -0.1) is 11.3 Å². The van der Waals surface area contributed by atoms with Gasteiger partial charge in [0.2, 0.25) is 5.95 Å². The number of nitrogens with zero attached hydrogens (tertiary/aromatic N) is 3. The van der Waals surface area contributed by atoms with Crippen molar-refractivity contribution in [3.05, 3.63) is 127 Å². The first-order valence-corrected chi connectivity index (χ1v) is 15.2. The smallest absolute Gasteiger partial charge is 0.235 e. The Labute approximate surface area is 249 Å². The van der Waals surface area contributed by atoms with E-state index in [2.05, 4.69) is 114 Å². The van der Waals surface area contributed by atoms with Crippen LogP contribution in [0.25, 0.3) is 92.0 Å². The first-order valence-electron chi connectivity index (χ1n) is 14.3. The molecule has 4 heterocycles. The lowest BCUT2D eigenvalue weighted by Gasteiger charge is -2.10. The molecule has 0 saturated carbocycles. The molecule has 0 aliphatic rings. The van der Waals surface area contributed by atoms with Crippen LogP contribution in [0.4, 0.5) is 0 Å². The number of hydrogen-bond acceptors (Lipinski definition) is 4. The Morgan fingerprint density at radius 2 is 1.28 bits per heavy atom. The highest BCUT2D eigenvalue weighted by molar-refractivity contribution is 7.26. The molecule has 0 fully saturated rings. The van der Waals surface area contributed by atoms with Gasteiger partial charge in [0.15, 0.2) is 0 Å². The van der Waals surface area contributed by atoms with E-state index in [1.54, 1.807) is 11.3 Å². The number of thiophene rings is 1. The van der Waals surface area contributed by atoms with Crippen molar-refractivity contribution in [1.29, 1.82) is 0 Å². The van der Waals surface area contributed by atoms with Gasteiger partial charge in [0.05, 0.1) is 32.3 Å². The summed E-state index contributed by atoms with van der Waals surface area (Å²) in [6.07, 6.45) is 0. The normalized spacial score (nSPS) is 12.2. The summed E-state index contributed by atoms with van der Waals surface area (Å²) < 4.78 is 11.2. The summed E-state index contributed by atoms with van der Waals surface area (Å²) in [7, 11) is 0. The molecule has 0 aliphatic carbocycles. The molecule has 10 rings (SSSR count). The second-order valence-corrected chi connectivity index (χ2v) is 12.0. The monoisotopic (exact) mass is 567 g/mol. The molecule has 0 saturated heterocycles. The molecule has 10 aromatic rings. The molecule has 0 aliphatic heterocycles. The number of aromatic nitrogens is 3. The van der Waals surface area contributed by atoms with Gasteiger partial charge in [0.1, 0.15) is 11.2 Å². The van der Waals surface area contributed by atoms with E-state index in [-0.39, 0.29) is 0 Å². The Morgan fingerprint density at radius 1 is 0.558 bits per heavy atom. The third-order valence-corrected chi connectivity index (χ3v) is 9.79. The molecule has 6 aromatic carbocycles. The van der Waals surface area contributed by atoms with Crippen molar-refractivity contribution in [2.75, 3.05) is 0 Å². The summed E-state index contributed by atoms with van der Waals surface area (Å²) in [4.78, 5) is 10.7. The molecule has 43 heavy (non-hydrogen) atoms. The van der Waals surface area contributed by atoms with Crippen LogP contribution in [-0.2, 0) is 0 Å². The van der Waals surface area contributed by atoms with Gasteiger partial charge in [-0.3, -0.25) is 4.57 Å². The maximum absolute atomic E-state index is 6.63. The fraction of sp³-hybridized carbons (Fsp3) is 0. The van der Waals surface area contributed by atoms with E-state index in [1.807, 2.05) is 18.2 Å². The molecule has 0 N–H and O–H groups in total. The molecular weight excluding hydrogens is 547 g/mol. The second kappa shape index (κ2) is 8.51. The summed E-state index contributed by atoms with van der Waals surface area (Å²) in [5.41, 5.74) is 6.86. The largest absolute Gasteiger partial charge is 0.455 e. The van der Waals surface area contributed by atoms with Crippen molar-refractivity contribution in [2.45, 2.75) is 0 Å². The predicted molar refractivity (Wildman–Crippen MR) is 179 cm³/mol. The van der Waals surface area contributed by atoms with Gasteiger partial charge < -0.3 is 4.42 Å². The fourth-order valence-electron chi connectivity index (χ4n) is 6.73. The summed E-state index contributed by atoms with van der Waals surface area (Å²) in [6, 6.07) is 44.6. The van der Waals surface area contributed by atoms with Crippen molar-refractivity contribution in [1.82, 2.24) is 14.5 Å². The van der Waals surface area contributed by atoms with Crippen LogP contribution >= 0.6 is 11.3 Å². The zero-order valence-electron chi connectivity index (χ0n) is 22.8. The Kier molecular flexibility index (Phi) is 4.57. The average Bonchev–Trinajstić information content (AvgIpc) is 3.74. The van der Waals surface area contributed by atoms with Gasteiger partial charge in [-0.05, 0) is 41.1 Å². The van der Waals surface area contributed by atoms with Crippen molar-refractivity contribution >= 4 is 86.2 Å². The number of para-hydroxylation sites is 1. The molecule has 200 valence electrons. The average molecular weight is 568 g/mol. The Hall–Kier alpha value is -5.52. The van der Waals surface area contributed by atoms with E-state index in [0.717, 1.165) is 70.6 Å². The number of furan rings is 1. The highest BCUT2D eigenvalue weighted by Crippen LogP contribution is 2.44. The summed E-state index contributed by atoms with van der Waals surface area (Å²) >= 11 is 1.75. The van der Waals surface area contributed by atoms with Crippen molar-refractivity contribution < 1.29 is 4.42 Å². The van der Waals surface area contributed by atoms with E-state index in [9.17, 15) is 0 Å². The van der Waals surface area contributed by atoms with Crippen molar-refractivity contribution in [3.63, 3.8) is 0 Å². The minimum absolute atomic E-state index is 0.653. The number of rotatable bonds is 2. The zero-order valence-corrected chi connectivity index (χ0v) is 23.6.